The molecule has 96 valence electrons. The van der Waals surface area contributed by atoms with Crippen molar-refractivity contribution in [2.45, 2.75) is 13.3 Å². The molecule has 1 aromatic heterocycles. The number of carbonyl (C=O) groups excluding carboxylic acids is 1. The number of fused-ring (bicyclic) bond motifs is 1. The Morgan fingerprint density at radius 3 is 2.63 bits per heavy atom. The van der Waals surface area contributed by atoms with Crippen LogP contribution in [-0.2, 0) is 16.0 Å². The van der Waals surface area contributed by atoms with Crippen LogP contribution in [0.2, 0.25) is 0 Å². The molecule has 1 aliphatic carbocycles. The molecule has 0 aliphatic heterocycles. The Kier molecular flexibility index (Phi) is 2.99. The van der Waals surface area contributed by atoms with Crippen molar-refractivity contribution in [2.75, 3.05) is 7.11 Å². The minimum Gasteiger partial charge on any atom is -0.466 e. The number of ether oxygens (including phenoxy) is 1. The van der Waals surface area contributed by atoms with Crippen LogP contribution in [0.3, 0.4) is 0 Å². The van der Waals surface area contributed by atoms with Crippen molar-refractivity contribution < 1.29 is 9.53 Å². The lowest BCUT2D eigenvalue weighted by Crippen LogP contribution is -2.06. The first-order chi connectivity index (χ1) is 9.20. The van der Waals surface area contributed by atoms with Crippen LogP contribution in [0.1, 0.15) is 21.6 Å². The molecule has 2 aromatic rings. The number of aryl methyl sites for hydroxylation is 1. The molecular formula is C16H14O2S. The topological polar surface area (TPSA) is 26.3 Å². The first kappa shape index (κ1) is 12.2. The monoisotopic (exact) mass is 270 g/mol. The molecule has 1 aliphatic rings. The molecule has 3 rings (SSSR count). The van der Waals surface area contributed by atoms with Gasteiger partial charge in [0.2, 0.25) is 0 Å². The van der Waals surface area contributed by atoms with Gasteiger partial charge in [-0.3, -0.25) is 0 Å². The van der Waals surface area contributed by atoms with E-state index in [1.165, 1.54) is 23.1 Å². The van der Waals surface area contributed by atoms with Crippen molar-refractivity contribution >= 4 is 22.9 Å². The summed E-state index contributed by atoms with van der Waals surface area (Å²) in [6.07, 6.45) is 0.675. The molecule has 3 heteroatoms. The molecule has 0 spiro atoms. The lowest BCUT2D eigenvalue weighted by molar-refractivity contribution is -0.136. The second-order valence-corrected chi connectivity index (χ2v) is 5.58. The summed E-state index contributed by atoms with van der Waals surface area (Å²) in [4.78, 5) is 13.2. The number of rotatable bonds is 2. The molecule has 0 bridgehead atoms. The minimum absolute atomic E-state index is 0.223. The number of hydrogen-bond acceptors (Lipinski definition) is 3. The lowest BCUT2D eigenvalue weighted by atomic mass is 10.0. The fourth-order valence-corrected chi connectivity index (χ4v) is 3.45. The Morgan fingerprint density at radius 1 is 1.21 bits per heavy atom. The zero-order valence-corrected chi connectivity index (χ0v) is 11.7. The first-order valence-corrected chi connectivity index (χ1v) is 7.04. The van der Waals surface area contributed by atoms with E-state index in [-0.39, 0.29) is 5.97 Å². The molecule has 0 unspecified atom stereocenters. The maximum Gasteiger partial charge on any atom is 0.334 e. The van der Waals surface area contributed by atoms with E-state index in [4.69, 9.17) is 4.74 Å². The normalized spacial score (nSPS) is 13.6. The van der Waals surface area contributed by atoms with Crippen LogP contribution in [0.25, 0.3) is 5.57 Å². The maximum atomic E-state index is 12.0. The Balaban J connectivity index is 2.17. The number of methoxy groups -OCH3 is 1. The molecule has 0 atom stereocenters. The van der Waals surface area contributed by atoms with E-state index in [9.17, 15) is 4.79 Å². The number of carbonyl (C=O) groups is 1. The smallest absolute Gasteiger partial charge is 0.334 e. The van der Waals surface area contributed by atoms with Crippen LogP contribution in [0, 0.1) is 6.92 Å². The number of thiophene rings is 1. The number of hydrogen-bond donors (Lipinski definition) is 0. The molecule has 0 radical (unpaired) electrons. The van der Waals surface area contributed by atoms with Crippen molar-refractivity contribution in [1.29, 1.82) is 0 Å². The van der Waals surface area contributed by atoms with E-state index in [0.29, 0.717) is 6.42 Å². The standard InChI is InChI=1S/C16H14O2S/c1-10-3-5-11(6-4-10)14-13(16(17)18-2)9-12-7-8-19-15(12)14/h3-8H,9H2,1-2H3. The summed E-state index contributed by atoms with van der Waals surface area (Å²) in [6, 6.07) is 10.4. The number of esters is 1. The molecule has 2 nitrogen and oxygen atoms in total. The van der Waals surface area contributed by atoms with Crippen LogP contribution in [0.15, 0.2) is 41.3 Å². The SMILES string of the molecule is COC(=O)C1=C(c2ccc(C)cc2)c2sccc2C1. The molecule has 0 saturated heterocycles. The summed E-state index contributed by atoms with van der Waals surface area (Å²) in [7, 11) is 1.44. The van der Waals surface area contributed by atoms with Gasteiger partial charge >= 0.3 is 5.97 Å². The lowest BCUT2D eigenvalue weighted by Gasteiger charge is -2.07. The third kappa shape index (κ3) is 2.00. The van der Waals surface area contributed by atoms with Crippen molar-refractivity contribution in [3.05, 3.63) is 62.9 Å². The van der Waals surface area contributed by atoms with Gasteiger partial charge in [-0.25, -0.2) is 4.79 Å². The van der Waals surface area contributed by atoms with Crippen LogP contribution in [0.5, 0.6) is 0 Å². The summed E-state index contributed by atoms with van der Waals surface area (Å²) < 4.78 is 4.92. The number of benzene rings is 1. The summed E-state index contributed by atoms with van der Waals surface area (Å²) in [5.74, 6) is -0.223. The van der Waals surface area contributed by atoms with Crippen molar-refractivity contribution in [2.24, 2.45) is 0 Å². The fraction of sp³-hybridized carbons (Fsp3) is 0.188. The van der Waals surface area contributed by atoms with Gasteiger partial charge in [0.15, 0.2) is 0 Å². The third-order valence-electron chi connectivity index (χ3n) is 3.41. The zero-order chi connectivity index (χ0) is 13.4. The van der Waals surface area contributed by atoms with Gasteiger partial charge in [-0.2, -0.15) is 0 Å². The van der Waals surface area contributed by atoms with Crippen LogP contribution < -0.4 is 0 Å². The molecule has 0 fully saturated rings. The highest BCUT2D eigenvalue weighted by Gasteiger charge is 2.28. The molecule has 19 heavy (non-hydrogen) atoms. The third-order valence-corrected chi connectivity index (χ3v) is 4.39. The van der Waals surface area contributed by atoms with Crippen LogP contribution >= 0.6 is 11.3 Å². The van der Waals surface area contributed by atoms with E-state index < -0.39 is 0 Å². The summed E-state index contributed by atoms with van der Waals surface area (Å²) in [5, 5.41) is 2.08. The minimum atomic E-state index is -0.223. The van der Waals surface area contributed by atoms with Gasteiger partial charge in [-0.05, 0) is 29.5 Å². The quantitative estimate of drug-likeness (QED) is 0.780. The second kappa shape index (κ2) is 4.67. The predicted molar refractivity (Wildman–Crippen MR) is 77.2 cm³/mol. The Hall–Kier alpha value is -1.87. The summed E-state index contributed by atoms with van der Waals surface area (Å²) >= 11 is 1.69. The largest absolute Gasteiger partial charge is 0.466 e. The van der Waals surface area contributed by atoms with Crippen molar-refractivity contribution in [3.8, 4) is 0 Å². The first-order valence-electron chi connectivity index (χ1n) is 6.16. The molecule has 1 heterocycles. The van der Waals surface area contributed by atoms with Gasteiger partial charge in [-0.15, -0.1) is 11.3 Å². The highest BCUT2D eigenvalue weighted by Crippen LogP contribution is 2.41. The zero-order valence-electron chi connectivity index (χ0n) is 10.9. The predicted octanol–water partition coefficient (Wildman–Crippen LogP) is 3.59. The molecular weight excluding hydrogens is 256 g/mol. The molecule has 0 saturated carbocycles. The van der Waals surface area contributed by atoms with E-state index in [1.807, 2.05) is 0 Å². The van der Waals surface area contributed by atoms with Crippen molar-refractivity contribution in [1.82, 2.24) is 0 Å². The highest BCUT2D eigenvalue weighted by molar-refractivity contribution is 7.11. The second-order valence-electron chi connectivity index (χ2n) is 4.66. The Bertz CT molecular complexity index is 662. The van der Waals surface area contributed by atoms with E-state index in [1.54, 1.807) is 11.3 Å². The van der Waals surface area contributed by atoms with Gasteiger partial charge in [0.1, 0.15) is 0 Å². The van der Waals surface area contributed by atoms with Gasteiger partial charge < -0.3 is 4.74 Å². The Morgan fingerprint density at radius 2 is 1.95 bits per heavy atom. The summed E-state index contributed by atoms with van der Waals surface area (Å²) in [6.45, 7) is 2.06. The summed E-state index contributed by atoms with van der Waals surface area (Å²) in [5.41, 5.74) is 5.34. The van der Waals surface area contributed by atoms with Crippen LogP contribution in [-0.4, -0.2) is 13.1 Å². The van der Waals surface area contributed by atoms with E-state index in [2.05, 4.69) is 42.6 Å². The molecule has 1 aromatic carbocycles. The van der Waals surface area contributed by atoms with Gasteiger partial charge in [0.05, 0.1) is 12.7 Å². The van der Waals surface area contributed by atoms with E-state index in [0.717, 1.165) is 16.7 Å². The highest BCUT2D eigenvalue weighted by atomic mass is 32.1. The van der Waals surface area contributed by atoms with Crippen LogP contribution in [0.4, 0.5) is 0 Å². The fourth-order valence-electron chi connectivity index (χ4n) is 2.43. The molecule has 0 N–H and O–H groups in total. The average molecular weight is 270 g/mol. The van der Waals surface area contributed by atoms with Gasteiger partial charge in [0, 0.05) is 16.9 Å². The van der Waals surface area contributed by atoms with Gasteiger partial charge in [-0.1, -0.05) is 29.8 Å². The average Bonchev–Trinajstić information content (AvgIpc) is 2.99. The van der Waals surface area contributed by atoms with Crippen molar-refractivity contribution in [3.63, 3.8) is 0 Å². The van der Waals surface area contributed by atoms with E-state index >= 15 is 0 Å². The maximum absolute atomic E-state index is 12.0. The van der Waals surface area contributed by atoms with Gasteiger partial charge in [0.25, 0.3) is 0 Å². The Labute approximate surface area is 116 Å². The molecule has 0 amide bonds.